The van der Waals surface area contributed by atoms with Crippen molar-refractivity contribution in [3.63, 3.8) is 0 Å². The van der Waals surface area contributed by atoms with Crippen molar-refractivity contribution in [2.24, 2.45) is 5.41 Å². The Bertz CT molecular complexity index is 587. The third-order valence-corrected chi connectivity index (χ3v) is 4.08. The quantitative estimate of drug-likeness (QED) is 0.893. The summed E-state index contributed by atoms with van der Waals surface area (Å²) in [4.78, 5) is 12.6. The summed E-state index contributed by atoms with van der Waals surface area (Å²) in [6.07, 6.45) is 9.89. The van der Waals surface area contributed by atoms with Crippen LogP contribution in [0, 0.1) is 5.41 Å². The highest BCUT2D eigenvalue weighted by molar-refractivity contribution is 5.35. The summed E-state index contributed by atoms with van der Waals surface area (Å²) in [5, 5.41) is 7.43. The van der Waals surface area contributed by atoms with Crippen LogP contribution in [-0.4, -0.2) is 31.3 Å². The third-order valence-electron chi connectivity index (χ3n) is 4.08. The number of nitrogens with one attached hydrogen (secondary N) is 1. The van der Waals surface area contributed by atoms with Crippen LogP contribution in [0.15, 0.2) is 18.5 Å². The predicted octanol–water partition coefficient (Wildman–Crippen LogP) is 2.02. The summed E-state index contributed by atoms with van der Waals surface area (Å²) >= 11 is 0. The maximum Gasteiger partial charge on any atom is 0.257 e. The molecular weight excluding hydrogens is 266 g/mol. The van der Waals surface area contributed by atoms with Gasteiger partial charge >= 0.3 is 0 Å². The third kappa shape index (κ3) is 3.29. The molecule has 0 aromatic carbocycles. The van der Waals surface area contributed by atoms with Gasteiger partial charge in [-0.3, -0.25) is 0 Å². The Morgan fingerprint density at radius 3 is 2.76 bits per heavy atom. The zero-order chi connectivity index (χ0) is 14.7. The first-order valence-corrected chi connectivity index (χ1v) is 7.40. The van der Waals surface area contributed by atoms with Gasteiger partial charge in [0, 0.05) is 18.9 Å². The number of hydrogen-bond donors (Lipinski definition) is 2. The van der Waals surface area contributed by atoms with Crippen LogP contribution >= 0.6 is 0 Å². The smallest absolute Gasteiger partial charge is 0.257 e. The van der Waals surface area contributed by atoms with Gasteiger partial charge in [-0.2, -0.15) is 20.1 Å². The molecule has 0 bridgehead atoms. The zero-order valence-corrected chi connectivity index (χ0v) is 12.3. The van der Waals surface area contributed by atoms with Crippen molar-refractivity contribution in [3.8, 4) is 5.95 Å². The van der Waals surface area contributed by atoms with Crippen molar-refractivity contribution in [1.29, 1.82) is 0 Å². The van der Waals surface area contributed by atoms with Crippen molar-refractivity contribution in [3.05, 3.63) is 18.5 Å². The van der Waals surface area contributed by atoms with E-state index in [4.69, 9.17) is 5.73 Å². The number of nitrogens with two attached hydrogens (primary N) is 1. The molecule has 0 atom stereocenters. The van der Waals surface area contributed by atoms with Gasteiger partial charge < -0.3 is 11.1 Å². The summed E-state index contributed by atoms with van der Waals surface area (Å²) < 4.78 is 1.57. The largest absolute Gasteiger partial charge is 0.368 e. The Hall–Kier alpha value is -2.18. The van der Waals surface area contributed by atoms with Gasteiger partial charge in [-0.1, -0.05) is 26.2 Å². The molecule has 7 nitrogen and oxygen atoms in total. The topological polar surface area (TPSA) is 94.5 Å². The van der Waals surface area contributed by atoms with Crippen molar-refractivity contribution >= 4 is 11.9 Å². The van der Waals surface area contributed by atoms with Crippen LogP contribution in [0.3, 0.4) is 0 Å². The summed E-state index contributed by atoms with van der Waals surface area (Å²) in [5.74, 6) is 1.15. The van der Waals surface area contributed by atoms with E-state index in [9.17, 15) is 0 Å². The lowest BCUT2D eigenvalue weighted by Gasteiger charge is -2.33. The summed E-state index contributed by atoms with van der Waals surface area (Å²) in [6.45, 7) is 3.17. The molecule has 1 aliphatic carbocycles. The minimum atomic E-state index is 0.201. The molecule has 1 saturated carbocycles. The van der Waals surface area contributed by atoms with Gasteiger partial charge in [0.05, 0.1) is 0 Å². The van der Waals surface area contributed by atoms with Crippen LogP contribution < -0.4 is 11.1 Å². The van der Waals surface area contributed by atoms with Crippen molar-refractivity contribution in [2.75, 3.05) is 17.6 Å². The van der Waals surface area contributed by atoms with E-state index in [-0.39, 0.29) is 5.95 Å². The lowest BCUT2D eigenvalue weighted by atomic mass is 9.76. The molecule has 2 aromatic heterocycles. The highest BCUT2D eigenvalue weighted by Crippen LogP contribution is 2.35. The van der Waals surface area contributed by atoms with E-state index in [2.05, 4.69) is 32.3 Å². The maximum absolute atomic E-state index is 5.76. The lowest BCUT2D eigenvalue weighted by Crippen LogP contribution is -2.29. The second kappa shape index (κ2) is 5.67. The number of hydrogen-bond acceptors (Lipinski definition) is 6. The van der Waals surface area contributed by atoms with E-state index >= 15 is 0 Å². The zero-order valence-electron chi connectivity index (χ0n) is 12.3. The van der Waals surface area contributed by atoms with Crippen LogP contribution in [0.5, 0.6) is 0 Å². The minimum Gasteiger partial charge on any atom is -0.368 e. The van der Waals surface area contributed by atoms with Crippen LogP contribution in [0.2, 0.25) is 0 Å². The minimum absolute atomic E-state index is 0.201. The molecule has 21 heavy (non-hydrogen) atoms. The van der Waals surface area contributed by atoms with E-state index < -0.39 is 0 Å². The first kappa shape index (κ1) is 13.8. The van der Waals surface area contributed by atoms with Gasteiger partial charge in [0.1, 0.15) is 0 Å². The fraction of sp³-hybridized carbons (Fsp3) is 0.571. The van der Waals surface area contributed by atoms with Gasteiger partial charge in [-0.05, 0) is 24.3 Å². The molecule has 2 aromatic rings. The molecule has 1 fully saturated rings. The molecule has 0 amide bonds. The SMILES string of the molecule is CC1(CNc2nc(N)nc(-n3cccn3)n2)CCCCC1. The number of anilines is 2. The fourth-order valence-electron chi connectivity index (χ4n) is 2.82. The molecule has 3 rings (SSSR count). The van der Waals surface area contributed by atoms with E-state index in [0.717, 1.165) is 6.54 Å². The first-order valence-electron chi connectivity index (χ1n) is 7.40. The van der Waals surface area contributed by atoms with Gasteiger partial charge in [0.25, 0.3) is 5.95 Å². The molecule has 7 heteroatoms. The van der Waals surface area contributed by atoms with Crippen LogP contribution in [0.1, 0.15) is 39.0 Å². The van der Waals surface area contributed by atoms with E-state index in [0.29, 0.717) is 17.3 Å². The van der Waals surface area contributed by atoms with Crippen LogP contribution in [0.4, 0.5) is 11.9 Å². The Balaban J connectivity index is 1.73. The molecule has 0 aliphatic heterocycles. The predicted molar refractivity (Wildman–Crippen MR) is 81.0 cm³/mol. The summed E-state index contributed by atoms with van der Waals surface area (Å²) in [6, 6.07) is 1.82. The van der Waals surface area contributed by atoms with E-state index in [1.54, 1.807) is 17.1 Å². The van der Waals surface area contributed by atoms with Crippen LogP contribution in [-0.2, 0) is 0 Å². The number of rotatable bonds is 4. The van der Waals surface area contributed by atoms with Crippen molar-refractivity contribution in [2.45, 2.75) is 39.0 Å². The van der Waals surface area contributed by atoms with E-state index in [1.807, 2.05) is 6.07 Å². The highest BCUT2D eigenvalue weighted by Gasteiger charge is 2.26. The van der Waals surface area contributed by atoms with Gasteiger partial charge in [-0.15, -0.1) is 0 Å². The van der Waals surface area contributed by atoms with Gasteiger partial charge in [0.2, 0.25) is 11.9 Å². The maximum atomic E-state index is 5.76. The molecule has 112 valence electrons. The molecule has 0 unspecified atom stereocenters. The lowest BCUT2D eigenvalue weighted by molar-refractivity contribution is 0.233. The number of nitrogens with zero attached hydrogens (tertiary/aromatic N) is 5. The molecular formula is C14H21N7. The molecule has 0 saturated heterocycles. The Morgan fingerprint density at radius 1 is 1.24 bits per heavy atom. The molecule has 0 spiro atoms. The van der Waals surface area contributed by atoms with Gasteiger partial charge in [0.15, 0.2) is 0 Å². The Labute approximate surface area is 124 Å². The normalized spacial score (nSPS) is 17.6. The summed E-state index contributed by atoms with van der Waals surface area (Å²) in [7, 11) is 0. The second-order valence-corrected chi connectivity index (χ2v) is 5.99. The average Bonchev–Trinajstić information content (AvgIpc) is 3.00. The monoisotopic (exact) mass is 287 g/mol. The highest BCUT2D eigenvalue weighted by atomic mass is 15.4. The first-order chi connectivity index (χ1) is 10.1. The number of aromatic nitrogens is 5. The summed E-state index contributed by atoms with van der Waals surface area (Å²) in [5.41, 5.74) is 6.07. The van der Waals surface area contributed by atoms with Crippen LogP contribution in [0.25, 0.3) is 5.95 Å². The standard InChI is InChI=1S/C14H21N7/c1-14(6-3-2-4-7-14)10-16-12-18-11(15)19-13(20-12)21-9-5-8-17-21/h5,8-9H,2-4,6-7,10H2,1H3,(H3,15,16,18,19,20). The Kier molecular flexibility index (Phi) is 3.72. The Morgan fingerprint density at radius 2 is 2.05 bits per heavy atom. The molecule has 3 N–H and O–H groups in total. The number of nitrogen functional groups attached to an aromatic ring is 1. The molecule has 0 radical (unpaired) electrons. The molecule has 2 heterocycles. The van der Waals surface area contributed by atoms with Crippen molar-refractivity contribution in [1.82, 2.24) is 24.7 Å². The van der Waals surface area contributed by atoms with Crippen molar-refractivity contribution < 1.29 is 0 Å². The second-order valence-electron chi connectivity index (χ2n) is 5.99. The average molecular weight is 287 g/mol. The van der Waals surface area contributed by atoms with Gasteiger partial charge in [-0.25, -0.2) is 4.68 Å². The van der Waals surface area contributed by atoms with E-state index in [1.165, 1.54) is 32.1 Å². The molecule has 1 aliphatic rings. The fourth-order valence-corrected chi connectivity index (χ4v) is 2.82.